The van der Waals surface area contributed by atoms with Crippen molar-refractivity contribution in [1.29, 1.82) is 0 Å². The van der Waals surface area contributed by atoms with Crippen molar-refractivity contribution in [2.75, 3.05) is 33.4 Å². The van der Waals surface area contributed by atoms with E-state index in [1.54, 1.807) is 7.11 Å². The highest BCUT2D eigenvalue weighted by molar-refractivity contribution is 4.92. The lowest BCUT2D eigenvalue weighted by Crippen LogP contribution is -2.39. The van der Waals surface area contributed by atoms with Gasteiger partial charge in [0.1, 0.15) is 0 Å². The van der Waals surface area contributed by atoms with E-state index in [2.05, 4.69) is 16.8 Å². The number of fused-ring (bicyclic) bond motifs is 2. The highest BCUT2D eigenvalue weighted by atomic mass is 16.5. The van der Waals surface area contributed by atoms with Gasteiger partial charge in [0, 0.05) is 32.3 Å². The van der Waals surface area contributed by atoms with Crippen molar-refractivity contribution in [2.24, 2.45) is 5.92 Å². The molecule has 0 spiro atoms. The van der Waals surface area contributed by atoms with E-state index < -0.39 is 0 Å². The predicted octanol–water partition coefficient (Wildman–Crippen LogP) is 2.04. The zero-order chi connectivity index (χ0) is 12.8. The van der Waals surface area contributed by atoms with Gasteiger partial charge in [0.25, 0.3) is 0 Å². The smallest absolute Gasteiger partial charge is 0.0589 e. The van der Waals surface area contributed by atoms with Gasteiger partial charge in [-0.25, -0.2) is 0 Å². The Bertz CT molecular complexity index is 245. The second kappa shape index (κ2) is 7.27. The average Bonchev–Trinajstić information content (AvgIpc) is 2.72. The summed E-state index contributed by atoms with van der Waals surface area (Å²) in [6, 6.07) is 1.64. The van der Waals surface area contributed by atoms with Gasteiger partial charge in [-0.05, 0) is 44.6 Å². The summed E-state index contributed by atoms with van der Waals surface area (Å²) in [4.78, 5) is 2.46. The summed E-state index contributed by atoms with van der Waals surface area (Å²) in [6.45, 7) is 7.88. The van der Waals surface area contributed by atoms with Crippen LogP contribution >= 0.6 is 0 Å². The van der Waals surface area contributed by atoms with Crippen LogP contribution in [-0.2, 0) is 4.74 Å². The molecule has 2 aliphatic rings. The molecule has 18 heavy (non-hydrogen) atoms. The van der Waals surface area contributed by atoms with Crippen LogP contribution < -0.4 is 5.32 Å². The van der Waals surface area contributed by atoms with Crippen molar-refractivity contribution in [3.8, 4) is 0 Å². The Morgan fingerprint density at radius 2 is 2.00 bits per heavy atom. The second-order valence-electron chi connectivity index (χ2n) is 5.85. The third-order valence-electron chi connectivity index (χ3n) is 4.42. The van der Waals surface area contributed by atoms with Crippen LogP contribution in [0.2, 0.25) is 0 Å². The summed E-state index contributed by atoms with van der Waals surface area (Å²) in [5.41, 5.74) is 0. The quantitative estimate of drug-likeness (QED) is 0.669. The molecule has 2 fully saturated rings. The Kier molecular flexibility index (Phi) is 5.67. The van der Waals surface area contributed by atoms with Gasteiger partial charge in [-0.2, -0.15) is 0 Å². The minimum Gasteiger partial charge on any atom is -0.383 e. The molecule has 0 saturated carbocycles. The third kappa shape index (κ3) is 4.08. The van der Waals surface area contributed by atoms with Crippen LogP contribution in [0.25, 0.3) is 0 Å². The first-order chi connectivity index (χ1) is 8.81. The Morgan fingerprint density at radius 1 is 1.28 bits per heavy atom. The van der Waals surface area contributed by atoms with Crippen LogP contribution in [0.3, 0.4) is 0 Å². The molecule has 2 atom stereocenters. The van der Waals surface area contributed by atoms with E-state index in [-0.39, 0.29) is 0 Å². The summed E-state index contributed by atoms with van der Waals surface area (Å²) >= 11 is 0. The van der Waals surface area contributed by atoms with E-state index in [1.807, 2.05) is 6.08 Å². The standard InChI is InChI=1S/C15H28N2O/c1-3-7-17(9-10-18-2)8-6-13-11-14-4-5-15(12-13)16-14/h3,13-16H,1,4-12H2,2H3. The molecule has 0 amide bonds. The van der Waals surface area contributed by atoms with Crippen LogP contribution in [0, 0.1) is 5.92 Å². The number of ether oxygens (including phenoxy) is 1. The van der Waals surface area contributed by atoms with Gasteiger partial charge in [0.05, 0.1) is 6.61 Å². The Balaban J connectivity index is 1.69. The van der Waals surface area contributed by atoms with Crippen LogP contribution in [0.1, 0.15) is 32.1 Å². The molecule has 2 bridgehead atoms. The Morgan fingerprint density at radius 3 is 2.61 bits per heavy atom. The zero-order valence-corrected chi connectivity index (χ0v) is 11.7. The van der Waals surface area contributed by atoms with Crippen molar-refractivity contribution < 1.29 is 4.74 Å². The van der Waals surface area contributed by atoms with Crippen LogP contribution in [0.4, 0.5) is 0 Å². The summed E-state index contributed by atoms with van der Waals surface area (Å²) in [5, 5.41) is 3.72. The molecule has 0 aromatic rings. The maximum absolute atomic E-state index is 5.17. The second-order valence-corrected chi connectivity index (χ2v) is 5.85. The number of methoxy groups -OCH3 is 1. The fourth-order valence-corrected chi connectivity index (χ4v) is 3.47. The van der Waals surface area contributed by atoms with Crippen molar-refractivity contribution in [2.45, 2.75) is 44.2 Å². The fourth-order valence-electron chi connectivity index (χ4n) is 3.47. The van der Waals surface area contributed by atoms with E-state index in [4.69, 9.17) is 4.74 Å². The van der Waals surface area contributed by atoms with Gasteiger partial charge >= 0.3 is 0 Å². The molecule has 2 rings (SSSR count). The molecule has 0 aromatic carbocycles. The molecule has 104 valence electrons. The molecular formula is C15H28N2O. The molecule has 0 aliphatic carbocycles. The molecule has 0 radical (unpaired) electrons. The van der Waals surface area contributed by atoms with Gasteiger partial charge in [-0.15, -0.1) is 6.58 Å². The zero-order valence-electron chi connectivity index (χ0n) is 11.7. The normalized spacial score (nSPS) is 30.9. The number of rotatable bonds is 8. The minimum atomic E-state index is 0.820. The van der Waals surface area contributed by atoms with Crippen LogP contribution in [0.5, 0.6) is 0 Å². The molecule has 1 N–H and O–H groups in total. The molecule has 0 aromatic heterocycles. The van der Waals surface area contributed by atoms with Crippen LogP contribution in [0.15, 0.2) is 12.7 Å². The number of nitrogens with zero attached hydrogens (tertiary/aromatic N) is 1. The van der Waals surface area contributed by atoms with Gasteiger partial charge in [-0.3, -0.25) is 4.90 Å². The average molecular weight is 252 g/mol. The lowest BCUT2D eigenvalue weighted by molar-refractivity contribution is 0.146. The SMILES string of the molecule is C=CCN(CCOC)CCC1CC2CCC(C1)N2. The first-order valence-electron chi connectivity index (χ1n) is 7.40. The highest BCUT2D eigenvalue weighted by Crippen LogP contribution is 2.32. The minimum absolute atomic E-state index is 0.820. The van der Waals surface area contributed by atoms with E-state index in [9.17, 15) is 0 Å². The molecular weight excluding hydrogens is 224 g/mol. The highest BCUT2D eigenvalue weighted by Gasteiger charge is 2.33. The Hall–Kier alpha value is -0.380. The monoisotopic (exact) mass is 252 g/mol. The Labute approximate surface area is 112 Å². The first-order valence-corrected chi connectivity index (χ1v) is 7.40. The van der Waals surface area contributed by atoms with Crippen molar-refractivity contribution in [3.05, 3.63) is 12.7 Å². The summed E-state index contributed by atoms with van der Waals surface area (Å²) in [5.74, 6) is 0.929. The van der Waals surface area contributed by atoms with Gasteiger partial charge < -0.3 is 10.1 Å². The molecule has 2 unspecified atom stereocenters. The largest absolute Gasteiger partial charge is 0.383 e. The molecule has 3 nitrogen and oxygen atoms in total. The molecule has 2 aliphatic heterocycles. The fraction of sp³-hybridized carbons (Fsp3) is 0.867. The molecule has 3 heteroatoms. The van der Waals surface area contributed by atoms with Crippen LogP contribution in [-0.4, -0.2) is 50.3 Å². The lowest BCUT2D eigenvalue weighted by atomic mass is 9.89. The van der Waals surface area contributed by atoms with Gasteiger partial charge in [0.15, 0.2) is 0 Å². The van der Waals surface area contributed by atoms with E-state index in [0.29, 0.717) is 0 Å². The summed E-state index contributed by atoms with van der Waals surface area (Å²) in [7, 11) is 1.77. The number of nitrogens with one attached hydrogen (secondary N) is 1. The topological polar surface area (TPSA) is 24.5 Å². The predicted molar refractivity (Wildman–Crippen MR) is 75.8 cm³/mol. The van der Waals surface area contributed by atoms with Gasteiger partial charge in [-0.1, -0.05) is 6.08 Å². The maximum atomic E-state index is 5.17. The van der Waals surface area contributed by atoms with E-state index in [0.717, 1.165) is 37.7 Å². The maximum Gasteiger partial charge on any atom is 0.0589 e. The molecule has 2 heterocycles. The summed E-state index contributed by atoms with van der Waals surface area (Å²) < 4.78 is 5.17. The lowest BCUT2D eigenvalue weighted by Gasteiger charge is -2.31. The number of hydrogen-bond donors (Lipinski definition) is 1. The first kappa shape index (κ1) is 14.0. The third-order valence-corrected chi connectivity index (χ3v) is 4.42. The van der Waals surface area contributed by atoms with Crippen molar-refractivity contribution in [1.82, 2.24) is 10.2 Å². The molecule has 2 saturated heterocycles. The van der Waals surface area contributed by atoms with Crippen molar-refractivity contribution in [3.63, 3.8) is 0 Å². The van der Waals surface area contributed by atoms with E-state index in [1.165, 1.54) is 38.6 Å². The summed E-state index contributed by atoms with van der Waals surface area (Å²) in [6.07, 6.45) is 8.93. The van der Waals surface area contributed by atoms with E-state index >= 15 is 0 Å². The number of hydrogen-bond acceptors (Lipinski definition) is 3. The number of piperidine rings is 1. The van der Waals surface area contributed by atoms with Gasteiger partial charge in [0.2, 0.25) is 0 Å². The van der Waals surface area contributed by atoms with Crippen molar-refractivity contribution >= 4 is 0 Å².